The van der Waals surface area contributed by atoms with Crippen molar-refractivity contribution in [2.75, 3.05) is 18.2 Å². The Balaban J connectivity index is 2.30. The Morgan fingerprint density at radius 1 is 1.53 bits per heavy atom. The van der Waals surface area contributed by atoms with Crippen molar-refractivity contribution < 1.29 is 9.59 Å². The molecule has 0 saturated carbocycles. The topological polar surface area (TPSA) is 49.4 Å². The molecule has 0 aliphatic carbocycles. The minimum Gasteiger partial charge on any atom is -0.339 e. The number of amides is 2. The number of hydrogen-bond donors (Lipinski definition) is 1. The number of halogens is 1. The number of benzene rings is 1. The summed E-state index contributed by atoms with van der Waals surface area (Å²) in [6.45, 7) is 1.82. The number of rotatable bonds is 3. The normalized spacial score (nSPS) is 19.3. The van der Waals surface area contributed by atoms with E-state index in [-0.39, 0.29) is 17.1 Å². The van der Waals surface area contributed by atoms with Gasteiger partial charge in [-0.05, 0) is 31.4 Å². The number of thioether (sulfide) groups is 1. The number of carbonyl (C=O) groups is 2. The second kappa shape index (κ2) is 5.54. The molecule has 1 aromatic carbocycles. The van der Waals surface area contributed by atoms with Gasteiger partial charge in [-0.25, -0.2) is 0 Å². The Hall–Kier alpha value is -1.01. The van der Waals surface area contributed by atoms with Crippen molar-refractivity contribution in [3.63, 3.8) is 0 Å². The van der Waals surface area contributed by atoms with Gasteiger partial charge in [-0.3, -0.25) is 9.59 Å². The van der Waals surface area contributed by atoms with Crippen LogP contribution in [0.25, 0.3) is 0 Å². The van der Waals surface area contributed by atoms with Crippen molar-refractivity contribution in [1.29, 1.82) is 0 Å². The summed E-state index contributed by atoms with van der Waals surface area (Å²) in [5.41, 5.74) is 1.68. The van der Waals surface area contributed by atoms with Crippen LogP contribution < -0.4 is 10.2 Å². The number of fused-ring (bicyclic) bond motifs is 1. The van der Waals surface area contributed by atoms with E-state index in [0.29, 0.717) is 0 Å². The summed E-state index contributed by atoms with van der Waals surface area (Å²) in [6.07, 6.45) is 1.87. The molecule has 0 bridgehead atoms. The maximum absolute atomic E-state index is 12.2. The van der Waals surface area contributed by atoms with E-state index in [1.807, 2.05) is 31.4 Å². The van der Waals surface area contributed by atoms with Crippen LogP contribution in [0.15, 0.2) is 22.7 Å². The molecule has 1 aliphatic rings. The molecule has 6 heteroatoms. The van der Waals surface area contributed by atoms with E-state index in [4.69, 9.17) is 0 Å². The molecule has 2 rings (SSSR count). The van der Waals surface area contributed by atoms with Gasteiger partial charge in [0.05, 0.1) is 5.25 Å². The Labute approximate surface area is 125 Å². The average molecular weight is 343 g/mol. The van der Waals surface area contributed by atoms with Gasteiger partial charge in [-0.15, -0.1) is 0 Å². The molecular weight excluding hydrogens is 328 g/mol. The first kappa shape index (κ1) is 14.4. The SMILES string of the molecule is CS[C@H](C)C(=O)N[C@H]1C(=O)N(C)c2ccc(Br)cc21. The minimum absolute atomic E-state index is 0.102. The molecular formula is C13H15BrN2O2S. The van der Waals surface area contributed by atoms with Crippen LogP contribution in [0.1, 0.15) is 18.5 Å². The summed E-state index contributed by atoms with van der Waals surface area (Å²) in [7, 11) is 1.72. The largest absolute Gasteiger partial charge is 0.339 e. The highest BCUT2D eigenvalue weighted by Crippen LogP contribution is 2.36. The molecule has 0 spiro atoms. The second-order valence-electron chi connectivity index (χ2n) is 4.42. The summed E-state index contributed by atoms with van der Waals surface area (Å²) in [4.78, 5) is 25.8. The highest BCUT2D eigenvalue weighted by Gasteiger charge is 2.36. The number of likely N-dealkylation sites (N-methyl/N-ethyl adjacent to an activating group) is 1. The first-order valence-electron chi connectivity index (χ1n) is 5.86. The molecule has 0 saturated heterocycles. The van der Waals surface area contributed by atoms with Crippen molar-refractivity contribution in [2.24, 2.45) is 0 Å². The Kier molecular flexibility index (Phi) is 4.20. The Morgan fingerprint density at radius 2 is 2.21 bits per heavy atom. The lowest BCUT2D eigenvalue weighted by molar-refractivity contribution is -0.126. The zero-order valence-electron chi connectivity index (χ0n) is 10.9. The first-order chi connectivity index (χ1) is 8.95. The van der Waals surface area contributed by atoms with E-state index >= 15 is 0 Å². The van der Waals surface area contributed by atoms with Crippen LogP contribution in [-0.2, 0) is 9.59 Å². The third kappa shape index (κ3) is 2.65. The quantitative estimate of drug-likeness (QED) is 0.917. The highest BCUT2D eigenvalue weighted by atomic mass is 79.9. The second-order valence-corrected chi connectivity index (χ2v) is 6.51. The number of anilines is 1. The number of nitrogens with zero attached hydrogens (tertiary/aromatic N) is 1. The van der Waals surface area contributed by atoms with Gasteiger partial charge in [-0.1, -0.05) is 15.9 Å². The maximum atomic E-state index is 12.2. The zero-order chi connectivity index (χ0) is 14.2. The molecule has 0 aromatic heterocycles. The zero-order valence-corrected chi connectivity index (χ0v) is 13.3. The molecule has 2 atom stereocenters. The monoisotopic (exact) mass is 342 g/mol. The molecule has 1 aromatic rings. The van der Waals surface area contributed by atoms with Gasteiger partial charge in [0.1, 0.15) is 6.04 Å². The van der Waals surface area contributed by atoms with Gasteiger partial charge in [-0.2, -0.15) is 11.8 Å². The van der Waals surface area contributed by atoms with Gasteiger partial charge in [0.15, 0.2) is 0 Å². The predicted molar refractivity (Wildman–Crippen MR) is 81.4 cm³/mol. The Bertz CT molecular complexity index is 535. The molecule has 0 unspecified atom stereocenters. The molecule has 1 aliphatic heterocycles. The maximum Gasteiger partial charge on any atom is 0.254 e. The van der Waals surface area contributed by atoms with E-state index < -0.39 is 6.04 Å². The van der Waals surface area contributed by atoms with Gasteiger partial charge in [0.2, 0.25) is 5.91 Å². The van der Waals surface area contributed by atoms with Crippen LogP contribution in [0.2, 0.25) is 0 Å². The van der Waals surface area contributed by atoms with Crippen molar-refractivity contribution in [1.82, 2.24) is 5.32 Å². The van der Waals surface area contributed by atoms with Crippen molar-refractivity contribution in [2.45, 2.75) is 18.2 Å². The lowest BCUT2D eigenvalue weighted by atomic mass is 10.1. The molecule has 102 valence electrons. The molecule has 1 N–H and O–H groups in total. The highest BCUT2D eigenvalue weighted by molar-refractivity contribution is 9.10. The van der Waals surface area contributed by atoms with Crippen LogP contribution in [0.3, 0.4) is 0 Å². The lowest BCUT2D eigenvalue weighted by Gasteiger charge is -2.15. The van der Waals surface area contributed by atoms with Gasteiger partial charge in [0.25, 0.3) is 5.91 Å². The number of carbonyl (C=O) groups excluding carboxylic acids is 2. The fourth-order valence-corrected chi connectivity index (χ4v) is 2.67. The van der Waals surface area contributed by atoms with Crippen LogP contribution in [0.4, 0.5) is 5.69 Å². The van der Waals surface area contributed by atoms with Crippen LogP contribution in [-0.4, -0.2) is 30.4 Å². The van der Waals surface area contributed by atoms with Gasteiger partial charge < -0.3 is 10.2 Å². The molecule has 0 fully saturated rings. The van der Waals surface area contributed by atoms with Crippen LogP contribution in [0.5, 0.6) is 0 Å². The molecule has 2 amide bonds. The van der Waals surface area contributed by atoms with Crippen molar-refractivity contribution in [3.8, 4) is 0 Å². The summed E-state index contributed by atoms with van der Waals surface area (Å²) < 4.78 is 0.895. The number of nitrogens with one attached hydrogen (secondary N) is 1. The van der Waals surface area contributed by atoms with E-state index in [0.717, 1.165) is 15.7 Å². The third-order valence-corrected chi connectivity index (χ3v) is 4.66. The molecule has 1 heterocycles. The van der Waals surface area contributed by atoms with E-state index in [2.05, 4.69) is 21.2 Å². The first-order valence-corrected chi connectivity index (χ1v) is 7.94. The van der Waals surface area contributed by atoms with Gasteiger partial charge >= 0.3 is 0 Å². The summed E-state index contributed by atoms with van der Waals surface area (Å²) in [5, 5.41) is 2.65. The van der Waals surface area contributed by atoms with Crippen molar-refractivity contribution >= 4 is 45.2 Å². The van der Waals surface area contributed by atoms with Gasteiger partial charge in [0, 0.05) is 22.8 Å². The standard InChI is InChI=1S/C13H15BrN2O2S/c1-7(19-3)12(17)15-11-9-6-8(14)4-5-10(9)16(2)13(11)18/h4-7,11H,1-3H3,(H,15,17)/t7-,11-/m1/s1. The molecule has 0 radical (unpaired) electrons. The minimum atomic E-state index is -0.584. The van der Waals surface area contributed by atoms with Crippen LogP contribution >= 0.6 is 27.7 Å². The van der Waals surface area contributed by atoms with Crippen LogP contribution in [0, 0.1) is 0 Å². The summed E-state index contributed by atoms with van der Waals surface area (Å²) in [6, 6.07) is 5.06. The van der Waals surface area contributed by atoms with E-state index in [9.17, 15) is 9.59 Å². The Morgan fingerprint density at radius 3 is 2.84 bits per heavy atom. The average Bonchev–Trinajstić information content (AvgIpc) is 2.62. The van der Waals surface area contributed by atoms with Crippen molar-refractivity contribution in [3.05, 3.63) is 28.2 Å². The predicted octanol–water partition coefficient (Wildman–Crippen LogP) is 2.33. The van der Waals surface area contributed by atoms with E-state index in [1.54, 1.807) is 11.9 Å². The van der Waals surface area contributed by atoms with E-state index in [1.165, 1.54) is 11.8 Å². The fraction of sp³-hybridized carbons (Fsp3) is 0.385. The third-order valence-electron chi connectivity index (χ3n) is 3.25. The summed E-state index contributed by atoms with van der Waals surface area (Å²) >= 11 is 4.85. The number of hydrogen-bond acceptors (Lipinski definition) is 3. The summed E-state index contributed by atoms with van der Waals surface area (Å²) in [5.74, 6) is -0.221. The molecule has 4 nitrogen and oxygen atoms in total. The fourth-order valence-electron chi connectivity index (χ4n) is 2.01. The lowest BCUT2D eigenvalue weighted by Crippen LogP contribution is -2.39. The smallest absolute Gasteiger partial charge is 0.254 e. The molecule has 19 heavy (non-hydrogen) atoms.